The molecule has 4 rings (SSSR count). The number of aromatic hydroxyl groups is 1. The number of phenolic OH excluding ortho intramolecular Hbond substituents is 1. The van der Waals surface area contributed by atoms with Gasteiger partial charge in [-0.25, -0.2) is 15.0 Å². The molecule has 7 nitrogen and oxygen atoms in total. The number of Topliss-reactive ketones (excluding diaryl/α,β-unsaturated/α-hetero) is 1. The van der Waals surface area contributed by atoms with Crippen molar-refractivity contribution in [1.29, 1.82) is 0 Å². The smallest absolute Gasteiger partial charge is 0.165 e. The molecule has 0 amide bonds. The fourth-order valence-electron chi connectivity index (χ4n) is 3.07. The molecule has 0 unspecified atom stereocenters. The van der Waals surface area contributed by atoms with Gasteiger partial charge in [-0.15, -0.1) is 0 Å². The Morgan fingerprint density at radius 1 is 1.27 bits per heavy atom. The highest BCUT2D eigenvalue weighted by atomic mass is 16.3. The summed E-state index contributed by atoms with van der Waals surface area (Å²) < 4.78 is 1.85. The molecule has 2 heterocycles. The first-order valence-corrected chi connectivity index (χ1v) is 6.95. The molecular weight excluding hydrogens is 282 g/mol. The van der Waals surface area contributed by atoms with Crippen LogP contribution in [0.25, 0.3) is 11.2 Å². The summed E-state index contributed by atoms with van der Waals surface area (Å²) in [6.45, 7) is 0. The number of hydrogen-bond acceptors (Lipinski definition) is 6. The largest absolute Gasteiger partial charge is 0.508 e. The van der Waals surface area contributed by atoms with Crippen molar-refractivity contribution in [3.05, 3.63) is 42.0 Å². The third kappa shape index (κ3) is 1.68. The second-order valence-electron chi connectivity index (χ2n) is 5.30. The molecule has 3 N–H and O–H groups in total. The van der Waals surface area contributed by atoms with Crippen LogP contribution >= 0.6 is 0 Å². The Kier molecular flexibility index (Phi) is 2.62. The highest BCUT2D eigenvalue weighted by Crippen LogP contribution is 2.39. The zero-order valence-electron chi connectivity index (χ0n) is 11.6. The van der Waals surface area contributed by atoms with E-state index < -0.39 is 0 Å². The van der Waals surface area contributed by atoms with E-state index in [1.165, 1.54) is 6.33 Å². The van der Waals surface area contributed by atoms with Gasteiger partial charge in [0.1, 0.15) is 17.6 Å². The van der Waals surface area contributed by atoms with Gasteiger partial charge in [0.25, 0.3) is 0 Å². The summed E-state index contributed by atoms with van der Waals surface area (Å²) in [5, 5.41) is 10.2. The van der Waals surface area contributed by atoms with E-state index in [0.29, 0.717) is 41.0 Å². The predicted molar refractivity (Wildman–Crippen MR) is 79.5 cm³/mol. The topological polar surface area (TPSA) is 107 Å². The van der Waals surface area contributed by atoms with Crippen LogP contribution in [0.15, 0.2) is 30.9 Å². The van der Waals surface area contributed by atoms with Gasteiger partial charge in [0.05, 0.1) is 12.4 Å². The van der Waals surface area contributed by atoms with Gasteiger partial charge < -0.3 is 15.4 Å². The zero-order valence-corrected chi connectivity index (χ0v) is 11.6. The molecule has 1 aromatic carbocycles. The molecular formula is C15H13N5O2. The molecule has 0 spiro atoms. The van der Waals surface area contributed by atoms with Crippen molar-refractivity contribution in [2.45, 2.75) is 18.9 Å². The third-order valence-corrected chi connectivity index (χ3v) is 4.08. The number of nitrogens with zero attached hydrogens (tertiary/aromatic N) is 4. The van der Waals surface area contributed by atoms with Crippen molar-refractivity contribution < 1.29 is 9.90 Å². The van der Waals surface area contributed by atoms with Crippen LogP contribution in [-0.4, -0.2) is 30.4 Å². The van der Waals surface area contributed by atoms with Crippen molar-refractivity contribution >= 4 is 22.8 Å². The summed E-state index contributed by atoms with van der Waals surface area (Å²) >= 11 is 0. The molecule has 0 saturated heterocycles. The van der Waals surface area contributed by atoms with E-state index in [4.69, 9.17) is 5.73 Å². The number of carbonyl (C=O) groups excluding carboxylic acids is 1. The van der Waals surface area contributed by atoms with Crippen LogP contribution in [0.4, 0.5) is 5.82 Å². The molecule has 110 valence electrons. The van der Waals surface area contributed by atoms with Crippen LogP contribution in [0, 0.1) is 0 Å². The van der Waals surface area contributed by atoms with E-state index in [1.807, 2.05) is 4.57 Å². The summed E-state index contributed by atoms with van der Waals surface area (Å²) in [4.78, 5) is 24.5. The van der Waals surface area contributed by atoms with Crippen molar-refractivity contribution in [2.75, 3.05) is 5.73 Å². The Morgan fingerprint density at radius 3 is 3.00 bits per heavy atom. The number of imidazole rings is 1. The molecule has 22 heavy (non-hydrogen) atoms. The van der Waals surface area contributed by atoms with Gasteiger partial charge in [0.15, 0.2) is 17.2 Å². The molecule has 7 heteroatoms. The van der Waals surface area contributed by atoms with Crippen LogP contribution in [-0.2, 0) is 0 Å². The number of ketones is 1. The molecule has 0 radical (unpaired) electrons. The van der Waals surface area contributed by atoms with E-state index in [-0.39, 0.29) is 17.6 Å². The fourth-order valence-corrected chi connectivity index (χ4v) is 3.07. The number of hydrogen-bond donors (Lipinski definition) is 2. The summed E-state index contributed by atoms with van der Waals surface area (Å²) in [6.07, 6.45) is 4.02. The fraction of sp³-hybridized carbons (Fsp3) is 0.200. The Balaban J connectivity index is 1.96. The molecule has 2 aromatic heterocycles. The summed E-state index contributed by atoms with van der Waals surface area (Å²) in [6, 6.07) is 4.81. The maximum absolute atomic E-state index is 12.1. The van der Waals surface area contributed by atoms with Crippen LogP contribution in [0.5, 0.6) is 5.75 Å². The normalized spacial score (nSPS) is 17.6. The number of fused-ring (bicyclic) bond motifs is 2. The van der Waals surface area contributed by atoms with Gasteiger partial charge in [-0.05, 0) is 12.5 Å². The standard InChI is InChI=1S/C15H13N5O2/c16-14-13-15(18-6-17-14)20(7-19-13)9-4-5-10(21)8-2-1-3-11(22)12(8)9/h1-3,6-7,9,22H,4-5H2,(H2,16,17,18)/t9-/m1/s1. The van der Waals surface area contributed by atoms with E-state index in [2.05, 4.69) is 15.0 Å². The van der Waals surface area contributed by atoms with Gasteiger partial charge in [-0.2, -0.15) is 0 Å². The summed E-state index contributed by atoms with van der Waals surface area (Å²) in [5.41, 5.74) is 8.11. The van der Waals surface area contributed by atoms with Gasteiger partial charge in [0, 0.05) is 17.5 Å². The summed E-state index contributed by atoms with van der Waals surface area (Å²) in [5.74, 6) is 0.466. The minimum Gasteiger partial charge on any atom is -0.508 e. The number of aromatic nitrogens is 4. The van der Waals surface area contributed by atoms with Gasteiger partial charge in [-0.3, -0.25) is 4.79 Å². The molecule has 0 bridgehead atoms. The lowest BCUT2D eigenvalue weighted by atomic mass is 9.86. The highest BCUT2D eigenvalue weighted by Gasteiger charge is 2.30. The van der Waals surface area contributed by atoms with Crippen molar-refractivity contribution in [2.24, 2.45) is 0 Å². The minimum absolute atomic E-state index is 0.0423. The first-order chi connectivity index (χ1) is 10.7. The van der Waals surface area contributed by atoms with E-state index >= 15 is 0 Å². The highest BCUT2D eigenvalue weighted by molar-refractivity contribution is 5.99. The number of carbonyl (C=O) groups is 1. The Hall–Kier alpha value is -2.96. The Bertz CT molecular complexity index is 902. The van der Waals surface area contributed by atoms with E-state index in [1.54, 1.807) is 24.5 Å². The predicted octanol–water partition coefficient (Wildman–Crippen LogP) is 1.68. The molecule has 3 aromatic rings. The number of rotatable bonds is 1. The van der Waals surface area contributed by atoms with Gasteiger partial charge >= 0.3 is 0 Å². The second kappa shape index (κ2) is 4.52. The number of benzene rings is 1. The lowest BCUT2D eigenvalue weighted by Gasteiger charge is -2.26. The van der Waals surface area contributed by atoms with Crippen LogP contribution in [0.3, 0.4) is 0 Å². The average molecular weight is 295 g/mol. The molecule has 1 aliphatic rings. The minimum atomic E-state index is -0.201. The molecule has 0 aliphatic heterocycles. The first kappa shape index (κ1) is 12.8. The zero-order chi connectivity index (χ0) is 15.3. The maximum Gasteiger partial charge on any atom is 0.165 e. The van der Waals surface area contributed by atoms with Crippen LogP contribution in [0.2, 0.25) is 0 Å². The molecule has 0 saturated carbocycles. The number of phenols is 1. The SMILES string of the molecule is Nc1ncnc2c1ncn2[C@@H]1CCC(=O)c2cccc(O)c21. The molecule has 1 aliphatic carbocycles. The van der Waals surface area contributed by atoms with Crippen molar-refractivity contribution in [1.82, 2.24) is 19.5 Å². The van der Waals surface area contributed by atoms with Crippen LogP contribution in [0.1, 0.15) is 34.8 Å². The first-order valence-electron chi connectivity index (χ1n) is 6.95. The molecule has 0 fully saturated rings. The van der Waals surface area contributed by atoms with E-state index in [0.717, 1.165) is 0 Å². The lowest BCUT2D eigenvalue weighted by molar-refractivity contribution is 0.0963. The van der Waals surface area contributed by atoms with E-state index in [9.17, 15) is 9.90 Å². The monoisotopic (exact) mass is 295 g/mol. The number of anilines is 1. The summed E-state index contributed by atoms with van der Waals surface area (Å²) in [7, 11) is 0. The van der Waals surface area contributed by atoms with Crippen molar-refractivity contribution in [3.63, 3.8) is 0 Å². The van der Waals surface area contributed by atoms with Crippen LogP contribution < -0.4 is 5.73 Å². The lowest BCUT2D eigenvalue weighted by Crippen LogP contribution is -2.21. The maximum atomic E-state index is 12.1. The van der Waals surface area contributed by atoms with Gasteiger partial charge in [-0.1, -0.05) is 12.1 Å². The quantitative estimate of drug-likeness (QED) is 0.707. The number of nitrogens with two attached hydrogens (primary N) is 1. The Morgan fingerprint density at radius 2 is 2.14 bits per heavy atom. The van der Waals surface area contributed by atoms with Gasteiger partial charge in [0.2, 0.25) is 0 Å². The number of nitrogen functional groups attached to an aromatic ring is 1. The third-order valence-electron chi connectivity index (χ3n) is 4.08. The van der Waals surface area contributed by atoms with Crippen molar-refractivity contribution in [3.8, 4) is 5.75 Å². The molecule has 1 atom stereocenters. The Labute approximate surface area is 125 Å². The average Bonchev–Trinajstić information content (AvgIpc) is 2.94. The second-order valence-corrected chi connectivity index (χ2v) is 5.30.